The Hall–Kier alpha value is -0.810. The number of ether oxygens (including phenoxy) is 1. The van der Waals surface area contributed by atoms with Gasteiger partial charge in [-0.1, -0.05) is 23.2 Å². The van der Waals surface area contributed by atoms with Crippen LogP contribution in [0.15, 0.2) is 12.1 Å². The van der Waals surface area contributed by atoms with Crippen LogP contribution in [0.5, 0.6) is 0 Å². The third kappa shape index (κ3) is 3.69. The first-order chi connectivity index (χ1) is 9.79. The largest absolute Gasteiger partial charge is 0.388 e. The first-order valence-corrected chi connectivity index (χ1v) is 7.63. The summed E-state index contributed by atoms with van der Waals surface area (Å²) >= 11 is 12.1. The van der Waals surface area contributed by atoms with Crippen LogP contribution in [0.1, 0.15) is 29.8 Å². The lowest BCUT2D eigenvalue weighted by molar-refractivity contribution is -0.0394. The molecule has 0 saturated carbocycles. The van der Waals surface area contributed by atoms with Crippen molar-refractivity contribution in [3.8, 4) is 0 Å². The summed E-state index contributed by atoms with van der Waals surface area (Å²) in [6, 6.07) is 3.21. The molecule has 1 amide bonds. The number of aliphatic hydroxyl groups is 1. The molecule has 0 bridgehead atoms. The van der Waals surface area contributed by atoms with Gasteiger partial charge >= 0.3 is 0 Å². The van der Waals surface area contributed by atoms with Gasteiger partial charge in [-0.3, -0.25) is 4.79 Å². The number of β-amino-alcohol motifs (C(OH)–C–C–N with tert-alkyl or cyclic N) is 1. The molecule has 1 N–H and O–H groups in total. The van der Waals surface area contributed by atoms with E-state index in [2.05, 4.69) is 0 Å². The highest BCUT2D eigenvalue weighted by Gasteiger charge is 2.35. The zero-order valence-electron chi connectivity index (χ0n) is 12.3. The van der Waals surface area contributed by atoms with Crippen LogP contribution in [0.2, 0.25) is 10.0 Å². The number of rotatable bonds is 3. The fourth-order valence-electron chi connectivity index (χ4n) is 2.36. The number of aliphatic hydroxyl groups excluding tert-OH is 1. The number of likely N-dealkylation sites (tertiary alicyclic amines) is 1. The van der Waals surface area contributed by atoms with E-state index in [0.29, 0.717) is 22.2 Å². The maximum absolute atomic E-state index is 12.5. The van der Waals surface area contributed by atoms with Gasteiger partial charge in [0.1, 0.15) is 6.10 Å². The minimum absolute atomic E-state index is 0.00275. The van der Waals surface area contributed by atoms with E-state index < -0.39 is 6.10 Å². The lowest BCUT2D eigenvalue weighted by Crippen LogP contribution is -2.31. The van der Waals surface area contributed by atoms with E-state index in [-0.39, 0.29) is 24.7 Å². The van der Waals surface area contributed by atoms with Crippen molar-refractivity contribution in [3.63, 3.8) is 0 Å². The molecule has 6 heteroatoms. The molecule has 1 aliphatic heterocycles. The van der Waals surface area contributed by atoms with Crippen molar-refractivity contribution in [1.29, 1.82) is 0 Å². The molecule has 1 aromatic rings. The molecule has 2 unspecified atom stereocenters. The smallest absolute Gasteiger partial charge is 0.254 e. The second-order valence-electron chi connectivity index (χ2n) is 5.57. The Morgan fingerprint density at radius 2 is 1.90 bits per heavy atom. The first kappa shape index (κ1) is 16.6. The van der Waals surface area contributed by atoms with Crippen molar-refractivity contribution in [2.75, 3.05) is 13.1 Å². The number of carbonyl (C=O) groups excluding carboxylic acids is 1. The Morgan fingerprint density at radius 3 is 2.43 bits per heavy atom. The van der Waals surface area contributed by atoms with Crippen LogP contribution < -0.4 is 0 Å². The minimum atomic E-state index is -0.673. The summed E-state index contributed by atoms with van der Waals surface area (Å²) < 4.78 is 5.61. The summed E-state index contributed by atoms with van der Waals surface area (Å²) in [7, 11) is 0. The average molecular weight is 332 g/mol. The molecule has 4 nitrogen and oxygen atoms in total. The Bertz CT molecular complexity index is 525. The highest BCUT2D eigenvalue weighted by molar-refractivity contribution is 6.36. The molecule has 2 rings (SSSR count). The average Bonchev–Trinajstić information content (AvgIpc) is 2.75. The van der Waals surface area contributed by atoms with Gasteiger partial charge in [0, 0.05) is 28.7 Å². The number of hydrogen-bond donors (Lipinski definition) is 1. The number of amides is 1. The van der Waals surface area contributed by atoms with Crippen LogP contribution in [0, 0.1) is 6.92 Å². The Labute approximate surface area is 134 Å². The minimum Gasteiger partial charge on any atom is -0.388 e. The summed E-state index contributed by atoms with van der Waals surface area (Å²) in [6.07, 6.45) is -1.03. The third-order valence-electron chi connectivity index (χ3n) is 3.50. The van der Waals surface area contributed by atoms with Crippen LogP contribution in [0.3, 0.4) is 0 Å². The molecule has 0 aromatic heterocycles. The summed E-state index contributed by atoms with van der Waals surface area (Å²) in [5.74, 6) is -0.201. The third-order valence-corrected chi connectivity index (χ3v) is 4.28. The maximum atomic E-state index is 12.5. The van der Waals surface area contributed by atoms with Gasteiger partial charge in [-0.25, -0.2) is 0 Å². The molecule has 1 aliphatic rings. The molecule has 1 fully saturated rings. The van der Waals surface area contributed by atoms with E-state index in [4.69, 9.17) is 27.9 Å². The van der Waals surface area contributed by atoms with E-state index in [1.54, 1.807) is 24.0 Å². The maximum Gasteiger partial charge on any atom is 0.254 e. The molecule has 0 spiro atoms. The molecule has 0 aliphatic carbocycles. The second-order valence-corrected chi connectivity index (χ2v) is 6.38. The first-order valence-electron chi connectivity index (χ1n) is 6.88. The quantitative estimate of drug-likeness (QED) is 0.926. The van der Waals surface area contributed by atoms with Gasteiger partial charge in [0.2, 0.25) is 0 Å². The lowest BCUT2D eigenvalue weighted by Gasteiger charge is -2.18. The number of hydrogen-bond acceptors (Lipinski definition) is 3. The topological polar surface area (TPSA) is 49.8 Å². The summed E-state index contributed by atoms with van der Waals surface area (Å²) in [5, 5.41) is 10.9. The van der Waals surface area contributed by atoms with Crippen LogP contribution >= 0.6 is 23.2 Å². The van der Waals surface area contributed by atoms with Gasteiger partial charge < -0.3 is 14.7 Å². The molecular formula is C15H19Cl2NO3. The second kappa shape index (κ2) is 6.53. The highest BCUT2D eigenvalue weighted by atomic mass is 35.5. The van der Waals surface area contributed by atoms with E-state index >= 15 is 0 Å². The Morgan fingerprint density at radius 1 is 1.33 bits per heavy atom. The van der Waals surface area contributed by atoms with E-state index in [1.165, 1.54) is 0 Å². The predicted molar refractivity (Wildman–Crippen MR) is 83.1 cm³/mol. The molecule has 116 valence electrons. The van der Waals surface area contributed by atoms with Gasteiger partial charge in [-0.2, -0.15) is 0 Å². The van der Waals surface area contributed by atoms with Crippen molar-refractivity contribution in [2.24, 2.45) is 0 Å². The van der Waals surface area contributed by atoms with Gasteiger partial charge in [0.05, 0.1) is 12.2 Å². The van der Waals surface area contributed by atoms with E-state index in [1.807, 2.05) is 13.8 Å². The van der Waals surface area contributed by atoms with Gasteiger partial charge in [-0.15, -0.1) is 0 Å². The van der Waals surface area contributed by atoms with Crippen molar-refractivity contribution >= 4 is 29.1 Å². The van der Waals surface area contributed by atoms with Gasteiger partial charge in [0.15, 0.2) is 0 Å². The molecule has 1 heterocycles. The van der Waals surface area contributed by atoms with Gasteiger partial charge in [0.25, 0.3) is 5.91 Å². The lowest BCUT2D eigenvalue weighted by atomic mass is 10.1. The highest BCUT2D eigenvalue weighted by Crippen LogP contribution is 2.27. The SMILES string of the molecule is Cc1c(Cl)cc(C(=O)N2CC(O)C(OC(C)C)C2)cc1Cl. The molecule has 1 saturated heterocycles. The van der Waals surface area contributed by atoms with Gasteiger partial charge in [-0.05, 0) is 38.5 Å². The van der Waals surface area contributed by atoms with Crippen molar-refractivity contribution < 1.29 is 14.6 Å². The van der Waals surface area contributed by atoms with Crippen LogP contribution in [0.4, 0.5) is 0 Å². The number of benzene rings is 1. The summed E-state index contributed by atoms with van der Waals surface area (Å²) in [4.78, 5) is 14.0. The Kier molecular flexibility index (Phi) is 5.15. The normalized spacial score (nSPS) is 22.1. The molecule has 0 radical (unpaired) electrons. The van der Waals surface area contributed by atoms with E-state index in [9.17, 15) is 9.90 Å². The van der Waals surface area contributed by atoms with Crippen LogP contribution in [-0.2, 0) is 4.74 Å². The molecule has 1 aromatic carbocycles. The standard InChI is InChI=1S/C15H19Cl2NO3/c1-8(2)21-14-7-18(6-13(14)19)15(20)10-4-11(16)9(3)12(17)5-10/h4-5,8,13-14,19H,6-7H2,1-3H3. The van der Waals surface area contributed by atoms with Crippen molar-refractivity contribution in [3.05, 3.63) is 33.3 Å². The monoisotopic (exact) mass is 331 g/mol. The van der Waals surface area contributed by atoms with Crippen LogP contribution in [-0.4, -0.2) is 47.3 Å². The van der Waals surface area contributed by atoms with Crippen molar-refractivity contribution in [1.82, 2.24) is 4.90 Å². The molecule has 21 heavy (non-hydrogen) atoms. The number of nitrogens with zero attached hydrogens (tertiary/aromatic N) is 1. The number of halogens is 2. The fraction of sp³-hybridized carbons (Fsp3) is 0.533. The fourth-order valence-corrected chi connectivity index (χ4v) is 2.84. The number of carbonyl (C=O) groups is 1. The Balaban J connectivity index is 2.14. The predicted octanol–water partition coefficient (Wildman–Crippen LogP) is 2.91. The zero-order valence-corrected chi connectivity index (χ0v) is 13.8. The summed E-state index contributed by atoms with van der Waals surface area (Å²) in [5.41, 5.74) is 1.17. The molecule has 2 atom stereocenters. The van der Waals surface area contributed by atoms with Crippen LogP contribution in [0.25, 0.3) is 0 Å². The zero-order chi connectivity index (χ0) is 15.7. The summed E-state index contributed by atoms with van der Waals surface area (Å²) in [6.45, 7) is 6.21. The van der Waals surface area contributed by atoms with E-state index in [0.717, 1.165) is 5.56 Å². The van der Waals surface area contributed by atoms with Crippen molar-refractivity contribution in [2.45, 2.75) is 39.1 Å². The molecular weight excluding hydrogens is 313 g/mol.